The predicted octanol–water partition coefficient (Wildman–Crippen LogP) is 4.53. The van der Waals surface area contributed by atoms with Crippen molar-refractivity contribution < 1.29 is 27.4 Å². The van der Waals surface area contributed by atoms with E-state index in [0.717, 1.165) is 11.1 Å². The number of ether oxygens (including phenoxy) is 3. The van der Waals surface area contributed by atoms with E-state index in [2.05, 4.69) is 10.0 Å². The molecule has 0 aliphatic carbocycles. The summed E-state index contributed by atoms with van der Waals surface area (Å²) >= 11 is 0. The van der Waals surface area contributed by atoms with Crippen LogP contribution in [-0.2, 0) is 14.8 Å². The summed E-state index contributed by atoms with van der Waals surface area (Å²) in [6, 6.07) is 16.4. The van der Waals surface area contributed by atoms with Crippen molar-refractivity contribution in [3.63, 3.8) is 0 Å². The summed E-state index contributed by atoms with van der Waals surface area (Å²) < 4.78 is 44.4. The number of benzene rings is 3. The highest BCUT2D eigenvalue weighted by Gasteiger charge is 2.19. The molecule has 0 radical (unpaired) electrons. The van der Waals surface area contributed by atoms with Crippen LogP contribution in [-0.4, -0.2) is 34.6 Å². The van der Waals surface area contributed by atoms with Crippen LogP contribution in [0.3, 0.4) is 0 Å². The zero-order valence-corrected chi connectivity index (χ0v) is 20.5. The van der Waals surface area contributed by atoms with Crippen LogP contribution in [0.2, 0.25) is 0 Å². The molecule has 9 heteroatoms. The molecule has 0 fully saturated rings. The van der Waals surface area contributed by atoms with Gasteiger partial charge in [0.25, 0.3) is 15.9 Å². The number of nitrogens with one attached hydrogen (secondary N) is 2. The third kappa shape index (κ3) is 5.99. The first-order valence-corrected chi connectivity index (χ1v) is 12.0. The first-order valence-electron chi connectivity index (χ1n) is 10.5. The minimum atomic E-state index is -3.90. The molecule has 0 bridgehead atoms. The molecule has 0 aromatic heterocycles. The standard InChI is InChI=1S/C25H28N2O6S/c1-16-6-12-23(17(2)14-16)33-18(3)25(28)26-19-7-10-21(11-8-19)34(29,30)27-22-15-20(31-4)9-13-24(22)32-5/h6-15,18,27H,1-5H3,(H,26,28)/t18-/m0/s1. The lowest BCUT2D eigenvalue weighted by Crippen LogP contribution is -2.30. The van der Waals surface area contributed by atoms with Crippen LogP contribution in [0.15, 0.2) is 65.6 Å². The minimum absolute atomic E-state index is 0.0231. The number of sulfonamides is 1. The molecule has 1 amide bonds. The minimum Gasteiger partial charge on any atom is -0.497 e. The number of rotatable bonds is 9. The zero-order chi connectivity index (χ0) is 24.9. The Morgan fingerprint density at radius 1 is 0.882 bits per heavy atom. The fraction of sp³-hybridized carbons (Fsp3) is 0.240. The lowest BCUT2D eigenvalue weighted by molar-refractivity contribution is -0.122. The second-order valence-electron chi connectivity index (χ2n) is 7.71. The smallest absolute Gasteiger partial charge is 0.265 e. The summed E-state index contributed by atoms with van der Waals surface area (Å²) in [7, 11) is -0.971. The molecule has 0 unspecified atom stereocenters. The van der Waals surface area contributed by atoms with Gasteiger partial charge >= 0.3 is 0 Å². The Hall–Kier alpha value is -3.72. The Labute approximate surface area is 199 Å². The molecular weight excluding hydrogens is 456 g/mol. The summed E-state index contributed by atoms with van der Waals surface area (Å²) in [6.45, 7) is 5.56. The second-order valence-corrected chi connectivity index (χ2v) is 9.40. The van der Waals surface area contributed by atoms with Gasteiger partial charge in [-0.2, -0.15) is 0 Å². The molecule has 3 aromatic rings. The van der Waals surface area contributed by atoms with E-state index in [9.17, 15) is 13.2 Å². The van der Waals surface area contributed by atoms with Crippen molar-refractivity contribution in [3.8, 4) is 17.2 Å². The van der Waals surface area contributed by atoms with E-state index in [1.807, 2.05) is 32.0 Å². The molecule has 180 valence electrons. The Morgan fingerprint density at radius 2 is 1.56 bits per heavy atom. The average Bonchev–Trinajstić information content (AvgIpc) is 2.80. The van der Waals surface area contributed by atoms with Crippen molar-refractivity contribution in [2.24, 2.45) is 0 Å². The fourth-order valence-electron chi connectivity index (χ4n) is 3.23. The zero-order valence-electron chi connectivity index (χ0n) is 19.7. The third-order valence-corrected chi connectivity index (χ3v) is 6.47. The van der Waals surface area contributed by atoms with Crippen LogP contribution in [0.5, 0.6) is 17.2 Å². The fourth-order valence-corrected chi connectivity index (χ4v) is 4.30. The topological polar surface area (TPSA) is 103 Å². The van der Waals surface area contributed by atoms with Crippen LogP contribution < -0.4 is 24.2 Å². The van der Waals surface area contributed by atoms with Crippen molar-refractivity contribution >= 4 is 27.3 Å². The van der Waals surface area contributed by atoms with Gasteiger partial charge in [0, 0.05) is 11.8 Å². The Bertz CT molecular complexity index is 1270. The molecule has 0 heterocycles. The summed E-state index contributed by atoms with van der Waals surface area (Å²) in [6.07, 6.45) is -0.744. The summed E-state index contributed by atoms with van der Waals surface area (Å²) in [5, 5.41) is 2.74. The average molecular weight is 485 g/mol. The van der Waals surface area contributed by atoms with Gasteiger partial charge in [-0.1, -0.05) is 17.7 Å². The normalized spacial score (nSPS) is 11.9. The molecular formula is C25H28N2O6S. The van der Waals surface area contributed by atoms with E-state index in [-0.39, 0.29) is 16.5 Å². The number of hydrogen-bond acceptors (Lipinski definition) is 6. The number of anilines is 2. The number of amides is 1. The largest absolute Gasteiger partial charge is 0.497 e. The molecule has 0 aliphatic rings. The quantitative estimate of drug-likeness (QED) is 0.463. The summed E-state index contributed by atoms with van der Waals surface area (Å²) in [5.74, 6) is 1.11. The van der Waals surface area contributed by atoms with E-state index in [4.69, 9.17) is 14.2 Å². The maximum absolute atomic E-state index is 12.9. The third-order valence-electron chi connectivity index (χ3n) is 5.09. The van der Waals surface area contributed by atoms with Gasteiger partial charge < -0.3 is 19.5 Å². The van der Waals surface area contributed by atoms with E-state index < -0.39 is 16.1 Å². The molecule has 1 atom stereocenters. The molecule has 2 N–H and O–H groups in total. The Balaban J connectivity index is 1.68. The number of aryl methyl sites for hydroxylation is 2. The van der Waals surface area contributed by atoms with Crippen molar-refractivity contribution in [2.75, 3.05) is 24.3 Å². The maximum atomic E-state index is 12.9. The van der Waals surface area contributed by atoms with Crippen molar-refractivity contribution in [2.45, 2.75) is 31.8 Å². The van der Waals surface area contributed by atoms with Crippen molar-refractivity contribution in [1.82, 2.24) is 0 Å². The van der Waals surface area contributed by atoms with Crippen LogP contribution in [0.25, 0.3) is 0 Å². The SMILES string of the molecule is COc1ccc(OC)c(NS(=O)(=O)c2ccc(NC(=O)[C@H](C)Oc3ccc(C)cc3C)cc2)c1. The maximum Gasteiger partial charge on any atom is 0.265 e. The molecule has 0 spiro atoms. The van der Waals surface area contributed by atoms with Crippen LogP contribution in [0.1, 0.15) is 18.1 Å². The van der Waals surface area contributed by atoms with E-state index >= 15 is 0 Å². The van der Waals surface area contributed by atoms with Gasteiger partial charge in [-0.3, -0.25) is 9.52 Å². The Kier molecular flexibility index (Phi) is 7.68. The van der Waals surface area contributed by atoms with E-state index in [1.54, 1.807) is 19.1 Å². The van der Waals surface area contributed by atoms with Gasteiger partial charge in [0.05, 0.1) is 24.8 Å². The van der Waals surface area contributed by atoms with Crippen molar-refractivity contribution in [1.29, 1.82) is 0 Å². The first kappa shape index (κ1) is 24.9. The molecule has 34 heavy (non-hydrogen) atoms. The van der Waals surface area contributed by atoms with Gasteiger partial charge in [-0.25, -0.2) is 8.42 Å². The molecule has 3 aromatic carbocycles. The van der Waals surface area contributed by atoms with Gasteiger partial charge in [0.15, 0.2) is 6.10 Å². The van der Waals surface area contributed by atoms with E-state index in [0.29, 0.717) is 22.9 Å². The van der Waals surface area contributed by atoms with Crippen LogP contribution >= 0.6 is 0 Å². The molecule has 0 aliphatic heterocycles. The highest BCUT2D eigenvalue weighted by molar-refractivity contribution is 7.92. The van der Waals surface area contributed by atoms with Gasteiger partial charge in [0.2, 0.25) is 0 Å². The number of methoxy groups -OCH3 is 2. The Morgan fingerprint density at radius 3 is 2.18 bits per heavy atom. The molecule has 0 saturated heterocycles. The molecule has 3 rings (SSSR count). The van der Waals surface area contributed by atoms with E-state index in [1.165, 1.54) is 44.6 Å². The lowest BCUT2D eigenvalue weighted by Gasteiger charge is -2.17. The highest BCUT2D eigenvalue weighted by Crippen LogP contribution is 2.31. The monoisotopic (exact) mass is 484 g/mol. The number of carbonyl (C=O) groups excluding carboxylic acids is 1. The molecule has 0 saturated carbocycles. The number of hydrogen-bond donors (Lipinski definition) is 2. The van der Waals surface area contributed by atoms with Gasteiger partial charge in [-0.15, -0.1) is 0 Å². The summed E-state index contributed by atoms with van der Waals surface area (Å²) in [4.78, 5) is 12.6. The highest BCUT2D eigenvalue weighted by atomic mass is 32.2. The predicted molar refractivity (Wildman–Crippen MR) is 131 cm³/mol. The van der Waals surface area contributed by atoms with Gasteiger partial charge in [0.1, 0.15) is 17.2 Å². The second kappa shape index (κ2) is 10.5. The first-order chi connectivity index (χ1) is 16.1. The number of carbonyl (C=O) groups is 1. The van der Waals surface area contributed by atoms with Crippen molar-refractivity contribution in [3.05, 3.63) is 71.8 Å². The van der Waals surface area contributed by atoms with Crippen LogP contribution in [0.4, 0.5) is 11.4 Å². The lowest BCUT2D eigenvalue weighted by atomic mass is 10.1. The summed E-state index contributed by atoms with van der Waals surface area (Å²) in [5.41, 5.74) is 2.74. The van der Waals surface area contributed by atoms with Crippen LogP contribution in [0, 0.1) is 13.8 Å². The van der Waals surface area contributed by atoms with Gasteiger partial charge in [-0.05, 0) is 68.8 Å². The molecule has 8 nitrogen and oxygen atoms in total.